The minimum atomic E-state index is -0.797. The highest BCUT2D eigenvalue weighted by Gasteiger charge is 2.26. The van der Waals surface area contributed by atoms with Crippen LogP contribution in [0.5, 0.6) is 0 Å². The van der Waals surface area contributed by atoms with E-state index in [1.54, 1.807) is 29.2 Å². The number of furan rings is 1. The Hall–Kier alpha value is -2.63. The molecule has 1 amide bonds. The van der Waals surface area contributed by atoms with Crippen molar-refractivity contribution in [3.8, 4) is 11.3 Å². The number of carboxylic acid groups (broad SMARTS) is 1. The first kappa shape index (κ1) is 16.2. The molecule has 0 radical (unpaired) electrons. The standard InChI is InChI=1S/C18H18FNO4/c19-14-3-1-13(2-4-14)15-5-6-16(24-15)18(23)20-9-7-12(8-10-20)11-17(21)22/h1-6,12H,7-11H2,(H,21,22). The molecular weight excluding hydrogens is 313 g/mol. The van der Waals surface area contributed by atoms with Crippen molar-refractivity contribution in [2.75, 3.05) is 13.1 Å². The summed E-state index contributed by atoms with van der Waals surface area (Å²) in [6.07, 6.45) is 1.52. The number of rotatable bonds is 4. The van der Waals surface area contributed by atoms with Gasteiger partial charge in [0.1, 0.15) is 11.6 Å². The Labute approximate surface area is 138 Å². The van der Waals surface area contributed by atoms with Crippen LogP contribution in [-0.4, -0.2) is 35.0 Å². The lowest BCUT2D eigenvalue weighted by Crippen LogP contribution is -2.38. The van der Waals surface area contributed by atoms with E-state index < -0.39 is 5.97 Å². The monoisotopic (exact) mass is 331 g/mol. The summed E-state index contributed by atoms with van der Waals surface area (Å²) in [5, 5.41) is 8.83. The van der Waals surface area contributed by atoms with E-state index in [0.717, 1.165) is 0 Å². The summed E-state index contributed by atoms with van der Waals surface area (Å²) in [6, 6.07) is 9.18. The minimum absolute atomic E-state index is 0.123. The van der Waals surface area contributed by atoms with Crippen LogP contribution in [0.15, 0.2) is 40.8 Å². The second kappa shape index (κ2) is 6.86. The van der Waals surface area contributed by atoms with Gasteiger partial charge in [0.2, 0.25) is 0 Å². The second-order valence-corrected chi connectivity index (χ2v) is 6.00. The molecule has 0 saturated carbocycles. The van der Waals surface area contributed by atoms with Gasteiger partial charge >= 0.3 is 5.97 Å². The van der Waals surface area contributed by atoms with Crippen LogP contribution in [0.4, 0.5) is 4.39 Å². The topological polar surface area (TPSA) is 70.8 Å². The predicted molar refractivity (Wildman–Crippen MR) is 85.0 cm³/mol. The maximum atomic E-state index is 13.0. The summed E-state index contributed by atoms with van der Waals surface area (Å²) >= 11 is 0. The Balaban J connectivity index is 1.64. The van der Waals surface area contributed by atoms with E-state index >= 15 is 0 Å². The van der Waals surface area contributed by atoms with Crippen molar-refractivity contribution < 1.29 is 23.5 Å². The molecule has 24 heavy (non-hydrogen) atoms. The summed E-state index contributed by atoms with van der Waals surface area (Å²) in [5.41, 5.74) is 0.704. The third kappa shape index (κ3) is 3.64. The van der Waals surface area contributed by atoms with Gasteiger partial charge in [0, 0.05) is 25.1 Å². The van der Waals surface area contributed by atoms with Crippen molar-refractivity contribution in [2.45, 2.75) is 19.3 Å². The maximum Gasteiger partial charge on any atom is 0.303 e. The Bertz CT molecular complexity index is 730. The normalized spacial score (nSPS) is 15.5. The summed E-state index contributed by atoms with van der Waals surface area (Å²) < 4.78 is 18.6. The van der Waals surface area contributed by atoms with Crippen molar-refractivity contribution in [3.05, 3.63) is 48.0 Å². The van der Waals surface area contributed by atoms with Crippen LogP contribution >= 0.6 is 0 Å². The lowest BCUT2D eigenvalue weighted by molar-refractivity contribution is -0.138. The van der Waals surface area contributed by atoms with E-state index in [1.165, 1.54) is 12.1 Å². The Kier molecular flexibility index (Phi) is 4.64. The summed E-state index contributed by atoms with van der Waals surface area (Å²) in [5.74, 6) is -0.444. The van der Waals surface area contributed by atoms with Gasteiger partial charge in [-0.25, -0.2) is 4.39 Å². The zero-order valence-corrected chi connectivity index (χ0v) is 13.1. The molecule has 1 aromatic carbocycles. The molecule has 0 bridgehead atoms. The van der Waals surface area contributed by atoms with Gasteiger partial charge in [-0.05, 0) is 55.2 Å². The number of hydrogen-bond donors (Lipinski definition) is 1. The van der Waals surface area contributed by atoms with Crippen molar-refractivity contribution in [1.29, 1.82) is 0 Å². The van der Waals surface area contributed by atoms with Crippen molar-refractivity contribution in [2.24, 2.45) is 5.92 Å². The lowest BCUT2D eigenvalue weighted by Gasteiger charge is -2.30. The average Bonchev–Trinajstić information content (AvgIpc) is 3.05. The molecule has 1 aliphatic rings. The molecule has 126 valence electrons. The zero-order valence-electron chi connectivity index (χ0n) is 13.1. The van der Waals surface area contributed by atoms with Crippen LogP contribution in [0.3, 0.4) is 0 Å². The number of likely N-dealkylation sites (tertiary alicyclic amines) is 1. The Morgan fingerprint density at radius 1 is 1.12 bits per heavy atom. The zero-order chi connectivity index (χ0) is 17.1. The van der Waals surface area contributed by atoms with Crippen LogP contribution in [0, 0.1) is 11.7 Å². The molecule has 6 heteroatoms. The SMILES string of the molecule is O=C(O)CC1CCN(C(=O)c2ccc(-c3ccc(F)cc3)o2)CC1. The molecule has 0 spiro atoms. The van der Waals surface area contributed by atoms with E-state index in [-0.39, 0.29) is 29.8 Å². The number of piperidine rings is 1. The number of carbonyl (C=O) groups is 2. The summed E-state index contributed by atoms with van der Waals surface area (Å²) in [7, 11) is 0. The number of carbonyl (C=O) groups excluding carboxylic acids is 1. The number of carboxylic acids is 1. The maximum absolute atomic E-state index is 13.0. The Morgan fingerprint density at radius 3 is 2.42 bits per heavy atom. The predicted octanol–water partition coefficient (Wildman–Crippen LogP) is 3.41. The van der Waals surface area contributed by atoms with E-state index in [0.29, 0.717) is 37.3 Å². The molecule has 0 unspecified atom stereocenters. The van der Waals surface area contributed by atoms with Gasteiger partial charge in [-0.2, -0.15) is 0 Å². The third-order valence-electron chi connectivity index (χ3n) is 4.31. The fourth-order valence-corrected chi connectivity index (χ4v) is 2.97. The first-order chi connectivity index (χ1) is 11.5. The number of halogens is 1. The fourth-order valence-electron chi connectivity index (χ4n) is 2.97. The van der Waals surface area contributed by atoms with Gasteiger partial charge in [0.15, 0.2) is 5.76 Å². The van der Waals surface area contributed by atoms with E-state index in [1.807, 2.05) is 0 Å². The average molecular weight is 331 g/mol. The smallest absolute Gasteiger partial charge is 0.303 e. The largest absolute Gasteiger partial charge is 0.481 e. The lowest BCUT2D eigenvalue weighted by atomic mass is 9.93. The number of amides is 1. The van der Waals surface area contributed by atoms with Gasteiger partial charge in [-0.1, -0.05) is 0 Å². The van der Waals surface area contributed by atoms with E-state index in [2.05, 4.69) is 0 Å². The fraction of sp³-hybridized carbons (Fsp3) is 0.333. The highest BCUT2D eigenvalue weighted by molar-refractivity contribution is 5.92. The van der Waals surface area contributed by atoms with Crippen LogP contribution in [0.2, 0.25) is 0 Å². The van der Waals surface area contributed by atoms with Gasteiger partial charge in [-0.15, -0.1) is 0 Å². The molecular formula is C18H18FNO4. The second-order valence-electron chi connectivity index (χ2n) is 6.00. The van der Waals surface area contributed by atoms with Gasteiger partial charge in [-0.3, -0.25) is 9.59 Å². The highest BCUT2D eigenvalue weighted by atomic mass is 19.1. The Morgan fingerprint density at radius 2 is 1.79 bits per heavy atom. The molecule has 0 aliphatic carbocycles. The first-order valence-electron chi connectivity index (χ1n) is 7.90. The summed E-state index contributed by atoms with van der Waals surface area (Å²) in [4.78, 5) is 24.9. The molecule has 1 saturated heterocycles. The number of hydrogen-bond acceptors (Lipinski definition) is 3. The molecule has 2 heterocycles. The highest BCUT2D eigenvalue weighted by Crippen LogP contribution is 2.25. The molecule has 0 atom stereocenters. The van der Waals surface area contributed by atoms with E-state index in [4.69, 9.17) is 9.52 Å². The third-order valence-corrected chi connectivity index (χ3v) is 4.31. The molecule has 1 fully saturated rings. The summed E-state index contributed by atoms with van der Waals surface area (Å²) in [6.45, 7) is 1.06. The van der Waals surface area contributed by atoms with Crippen molar-refractivity contribution in [1.82, 2.24) is 4.90 Å². The molecule has 2 aromatic rings. The van der Waals surface area contributed by atoms with Gasteiger partial charge < -0.3 is 14.4 Å². The number of nitrogens with zero attached hydrogens (tertiary/aromatic N) is 1. The minimum Gasteiger partial charge on any atom is -0.481 e. The molecule has 1 aliphatic heterocycles. The van der Waals surface area contributed by atoms with Crippen LogP contribution in [-0.2, 0) is 4.79 Å². The van der Waals surface area contributed by atoms with Crippen LogP contribution in [0.25, 0.3) is 11.3 Å². The van der Waals surface area contributed by atoms with Crippen LogP contribution < -0.4 is 0 Å². The van der Waals surface area contributed by atoms with Gasteiger partial charge in [0.25, 0.3) is 5.91 Å². The quantitative estimate of drug-likeness (QED) is 0.932. The van der Waals surface area contributed by atoms with Crippen molar-refractivity contribution >= 4 is 11.9 Å². The van der Waals surface area contributed by atoms with E-state index in [9.17, 15) is 14.0 Å². The molecule has 3 rings (SSSR count). The van der Waals surface area contributed by atoms with Crippen molar-refractivity contribution in [3.63, 3.8) is 0 Å². The number of benzene rings is 1. The van der Waals surface area contributed by atoms with Crippen LogP contribution in [0.1, 0.15) is 29.8 Å². The molecule has 5 nitrogen and oxygen atoms in total. The number of aliphatic carboxylic acids is 1. The first-order valence-corrected chi connectivity index (χ1v) is 7.90. The molecule has 1 aromatic heterocycles. The molecule has 1 N–H and O–H groups in total. The van der Waals surface area contributed by atoms with Gasteiger partial charge in [0.05, 0.1) is 0 Å².